The zero-order chi connectivity index (χ0) is 14.3. The lowest BCUT2D eigenvalue weighted by Crippen LogP contribution is -2.56. The molecule has 1 spiro atoms. The summed E-state index contributed by atoms with van der Waals surface area (Å²) < 4.78 is 6.70. The topological polar surface area (TPSA) is 9.23 Å². The van der Waals surface area contributed by atoms with Crippen molar-refractivity contribution in [3.05, 3.63) is 0 Å². The predicted octanol–water partition coefficient (Wildman–Crippen LogP) is 5.40. The Labute approximate surface area is 129 Å². The van der Waals surface area contributed by atoms with Crippen molar-refractivity contribution in [2.24, 2.45) is 23.2 Å². The van der Waals surface area contributed by atoms with Gasteiger partial charge in [0.2, 0.25) is 0 Å². The van der Waals surface area contributed by atoms with Gasteiger partial charge in [0.05, 0.1) is 12.2 Å². The van der Waals surface area contributed by atoms with Crippen molar-refractivity contribution in [3.8, 4) is 0 Å². The molecule has 3 fully saturated rings. The number of hydrogen-bond donors (Lipinski definition) is 0. The number of ether oxygens (including phenoxy) is 1. The fourth-order valence-corrected chi connectivity index (χ4v) is 5.56. The summed E-state index contributed by atoms with van der Waals surface area (Å²) >= 11 is 6.57. The number of rotatable bonds is 3. The molecule has 0 aromatic rings. The highest BCUT2D eigenvalue weighted by Gasteiger charge is 2.57. The van der Waals surface area contributed by atoms with Crippen molar-refractivity contribution < 1.29 is 4.74 Å². The predicted molar refractivity (Wildman–Crippen MR) is 85.2 cm³/mol. The highest BCUT2D eigenvalue weighted by Crippen LogP contribution is 2.58. The monoisotopic (exact) mass is 298 g/mol. The molecule has 0 aromatic heterocycles. The third-order valence-electron chi connectivity index (χ3n) is 6.52. The van der Waals surface area contributed by atoms with E-state index in [1.54, 1.807) is 0 Å². The van der Waals surface area contributed by atoms with Gasteiger partial charge < -0.3 is 4.74 Å². The summed E-state index contributed by atoms with van der Waals surface area (Å²) in [7, 11) is 0. The molecule has 3 aliphatic rings. The first-order valence-electron chi connectivity index (χ1n) is 8.82. The summed E-state index contributed by atoms with van der Waals surface area (Å²) in [6.07, 6.45) is 11.4. The molecule has 5 unspecified atom stereocenters. The van der Waals surface area contributed by atoms with Gasteiger partial charge in [0.25, 0.3) is 0 Å². The molecular formula is C18H31ClO. The summed E-state index contributed by atoms with van der Waals surface area (Å²) in [6.45, 7) is 7.13. The standard InChI is InChI=1S/C18H31ClO/c1-12(2)14-7-6-13(3)10-15(14)20-17-11-16(19)18(17)8-4-5-9-18/h12-17H,4-11H2,1-3H3. The Kier molecular flexibility index (Phi) is 4.40. The average Bonchev–Trinajstić information content (AvgIpc) is 2.90. The van der Waals surface area contributed by atoms with Gasteiger partial charge in [-0.3, -0.25) is 0 Å². The second-order valence-electron chi connectivity index (χ2n) is 8.13. The lowest BCUT2D eigenvalue weighted by atomic mass is 9.64. The first-order valence-corrected chi connectivity index (χ1v) is 9.26. The van der Waals surface area contributed by atoms with Crippen LogP contribution in [0.4, 0.5) is 0 Å². The van der Waals surface area contributed by atoms with Gasteiger partial charge in [0.15, 0.2) is 0 Å². The van der Waals surface area contributed by atoms with E-state index in [0.717, 1.165) is 24.2 Å². The second kappa shape index (κ2) is 5.80. The van der Waals surface area contributed by atoms with Crippen LogP contribution in [0.5, 0.6) is 0 Å². The van der Waals surface area contributed by atoms with Crippen LogP contribution in [0.15, 0.2) is 0 Å². The number of hydrogen-bond acceptors (Lipinski definition) is 1. The molecule has 3 rings (SSSR count). The second-order valence-corrected chi connectivity index (χ2v) is 8.66. The van der Waals surface area contributed by atoms with E-state index in [0.29, 0.717) is 23.0 Å². The Morgan fingerprint density at radius 1 is 1.10 bits per heavy atom. The van der Waals surface area contributed by atoms with E-state index in [9.17, 15) is 0 Å². The van der Waals surface area contributed by atoms with Crippen LogP contribution >= 0.6 is 11.6 Å². The van der Waals surface area contributed by atoms with Gasteiger partial charge in [-0.25, -0.2) is 0 Å². The quantitative estimate of drug-likeness (QED) is 0.634. The van der Waals surface area contributed by atoms with Crippen LogP contribution < -0.4 is 0 Å². The van der Waals surface area contributed by atoms with Crippen LogP contribution in [-0.4, -0.2) is 17.6 Å². The molecule has 2 heteroatoms. The summed E-state index contributed by atoms with van der Waals surface area (Å²) in [5, 5.41) is 0.383. The molecule has 0 heterocycles. The SMILES string of the molecule is CC1CCC(C(C)C)C(OC2CC(Cl)C23CCCC3)C1. The Bertz CT molecular complexity index is 334. The van der Waals surface area contributed by atoms with Gasteiger partial charge >= 0.3 is 0 Å². The smallest absolute Gasteiger partial charge is 0.0663 e. The van der Waals surface area contributed by atoms with Crippen molar-refractivity contribution >= 4 is 11.6 Å². The maximum atomic E-state index is 6.70. The van der Waals surface area contributed by atoms with Gasteiger partial charge in [-0.1, -0.05) is 40.0 Å². The Hall–Kier alpha value is 0.250. The molecule has 20 heavy (non-hydrogen) atoms. The normalized spacial score (nSPS) is 44.0. The summed E-state index contributed by atoms with van der Waals surface area (Å²) in [4.78, 5) is 0. The molecule has 0 N–H and O–H groups in total. The fourth-order valence-electron chi connectivity index (χ4n) is 5.04. The first-order chi connectivity index (χ1) is 9.53. The highest BCUT2D eigenvalue weighted by atomic mass is 35.5. The van der Waals surface area contributed by atoms with Gasteiger partial charge in [-0.05, 0) is 49.9 Å². The third-order valence-corrected chi connectivity index (χ3v) is 7.13. The Balaban J connectivity index is 1.66. The third kappa shape index (κ3) is 2.54. The zero-order valence-corrected chi connectivity index (χ0v) is 14.2. The molecule has 3 aliphatic carbocycles. The molecule has 5 atom stereocenters. The maximum Gasteiger partial charge on any atom is 0.0663 e. The van der Waals surface area contributed by atoms with Crippen LogP contribution in [0.1, 0.15) is 72.1 Å². The maximum absolute atomic E-state index is 6.70. The molecular weight excluding hydrogens is 268 g/mol. The lowest BCUT2D eigenvalue weighted by molar-refractivity contribution is -0.167. The molecule has 0 saturated heterocycles. The largest absolute Gasteiger partial charge is 0.374 e. The average molecular weight is 299 g/mol. The minimum atomic E-state index is 0.351. The van der Waals surface area contributed by atoms with E-state index in [1.165, 1.54) is 44.9 Å². The van der Waals surface area contributed by atoms with Crippen LogP contribution in [-0.2, 0) is 4.74 Å². The minimum Gasteiger partial charge on any atom is -0.374 e. The summed E-state index contributed by atoms with van der Waals surface area (Å²) in [6, 6.07) is 0. The van der Waals surface area contributed by atoms with E-state index >= 15 is 0 Å². The van der Waals surface area contributed by atoms with Gasteiger partial charge in [0, 0.05) is 10.8 Å². The molecule has 1 nitrogen and oxygen atoms in total. The number of halogens is 1. The lowest BCUT2D eigenvalue weighted by Gasteiger charge is -2.53. The number of alkyl halides is 1. The van der Waals surface area contributed by atoms with Gasteiger partial charge in [0.1, 0.15) is 0 Å². The first kappa shape index (κ1) is 15.2. The van der Waals surface area contributed by atoms with Crippen molar-refractivity contribution in [2.75, 3.05) is 0 Å². The molecule has 0 bridgehead atoms. The van der Waals surface area contributed by atoms with E-state index in [4.69, 9.17) is 16.3 Å². The van der Waals surface area contributed by atoms with Crippen LogP contribution in [0, 0.1) is 23.2 Å². The summed E-state index contributed by atoms with van der Waals surface area (Å²) in [5.74, 6) is 2.35. The summed E-state index contributed by atoms with van der Waals surface area (Å²) in [5.41, 5.74) is 0.351. The van der Waals surface area contributed by atoms with Gasteiger partial charge in [-0.2, -0.15) is 0 Å². The highest BCUT2D eigenvalue weighted by molar-refractivity contribution is 6.21. The van der Waals surface area contributed by atoms with E-state index in [-0.39, 0.29) is 0 Å². The Morgan fingerprint density at radius 3 is 2.40 bits per heavy atom. The van der Waals surface area contributed by atoms with Crippen molar-refractivity contribution in [1.29, 1.82) is 0 Å². The molecule has 116 valence electrons. The molecule has 0 aliphatic heterocycles. The van der Waals surface area contributed by atoms with Crippen LogP contribution in [0.2, 0.25) is 0 Å². The molecule has 0 aromatic carbocycles. The Morgan fingerprint density at radius 2 is 1.80 bits per heavy atom. The minimum absolute atomic E-state index is 0.351. The van der Waals surface area contributed by atoms with E-state index in [1.807, 2.05) is 0 Å². The van der Waals surface area contributed by atoms with E-state index < -0.39 is 0 Å². The van der Waals surface area contributed by atoms with Crippen molar-refractivity contribution in [3.63, 3.8) is 0 Å². The van der Waals surface area contributed by atoms with Gasteiger partial charge in [-0.15, -0.1) is 11.6 Å². The van der Waals surface area contributed by atoms with Crippen molar-refractivity contribution in [2.45, 2.75) is 89.7 Å². The van der Waals surface area contributed by atoms with Crippen LogP contribution in [0.25, 0.3) is 0 Å². The zero-order valence-electron chi connectivity index (χ0n) is 13.4. The van der Waals surface area contributed by atoms with Crippen molar-refractivity contribution in [1.82, 2.24) is 0 Å². The molecule has 0 amide bonds. The molecule has 3 saturated carbocycles. The van der Waals surface area contributed by atoms with E-state index in [2.05, 4.69) is 20.8 Å². The fraction of sp³-hybridized carbons (Fsp3) is 1.00. The van der Waals surface area contributed by atoms with Crippen LogP contribution in [0.3, 0.4) is 0 Å². The molecule has 0 radical (unpaired) electrons.